The Kier molecular flexibility index (Phi) is 5.22. The van der Waals surface area contributed by atoms with Crippen LogP contribution in [0.15, 0.2) is 0 Å². The lowest BCUT2D eigenvalue weighted by Crippen LogP contribution is -2.56. The van der Waals surface area contributed by atoms with Crippen molar-refractivity contribution in [1.82, 2.24) is 20.4 Å². The van der Waals surface area contributed by atoms with Crippen molar-refractivity contribution < 1.29 is 4.79 Å². The highest BCUT2D eigenvalue weighted by atomic mass is 16.2. The van der Waals surface area contributed by atoms with E-state index in [1.54, 1.807) is 0 Å². The average Bonchev–Trinajstić information content (AvgIpc) is 2.73. The van der Waals surface area contributed by atoms with Gasteiger partial charge in [-0.2, -0.15) is 5.10 Å². The Hall–Kier alpha value is -1.56. The second-order valence-electron chi connectivity index (χ2n) is 5.60. The van der Waals surface area contributed by atoms with E-state index in [0.29, 0.717) is 6.54 Å². The highest BCUT2D eigenvalue weighted by molar-refractivity contribution is 5.86. The summed E-state index contributed by atoms with van der Waals surface area (Å²) in [4.78, 5) is 14.3. The lowest BCUT2D eigenvalue weighted by molar-refractivity contribution is -0.123. The van der Waals surface area contributed by atoms with Gasteiger partial charge in [-0.15, -0.1) is 0 Å². The molecule has 2 rings (SSSR count). The molecule has 1 aromatic rings. The Labute approximate surface area is 126 Å². The molecule has 1 amide bonds. The van der Waals surface area contributed by atoms with E-state index in [4.69, 9.17) is 0 Å². The average molecular weight is 293 g/mol. The van der Waals surface area contributed by atoms with E-state index in [0.717, 1.165) is 44.0 Å². The number of nitrogens with zero attached hydrogens (tertiary/aromatic N) is 3. The maximum absolute atomic E-state index is 12.1. The van der Waals surface area contributed by atoms with E-state index in [9.17, 15) is 4.79 Å². The number of hydrogen-bond donors (Lipinski definition) is 2. The number of aromatic nitrogens is 2. The molecule has 0 spiro atoms. The topological polar surface area (TPSA) is 62.2 Å². The molecule has 1 fully saturated rings. The van der Waals surface area contributed by atoms with Crippen molar-refractivity contribution in [2.75, 3.05) is 24.5 Å². The van der Waals surface area contributed by atoms with Gasteiger partial charge in [0.05, 0.1) is 5.69 Å². The Bertz CT molecular complexity index is 496. The van der Waals surface area contributed by atoms with E-state index in [1.807, 2.05) is 18.7 Å². The Morgan fingerprint density at radius 1 is 1.43 bits per heavy atom. The van der Waals surface area contributed by atoms with Gasteiger partial charge >= 0.3 is 0 Å². The number of carbonyl (C=O) groups is 1. The third kappa shape index (κ3) is 3.20. The van der Waals surface area contributed by atoms with Crippen molar-refractivity contribution in [3.63, 3.8) is 0 Å². The molecule has 21 heavy (non-hydrogen) atoms. The molecule has 2 N–H and O–H groups in total. The minimum absolute atomic E-state index is 0.0986. The third-order valence-electron chi connectivity index (χ3n) is 4.03. The van der Waals surface area contributed by atoms with Gasteiger partial charge in [0.2, 0.25) is 5.91 Å². The van der Waals surface area contributed by atoms with Crippen LogP contribution in [0.25, 0.3) is 0 Å². The SMILES string of the molecule is CCCNCc1c(C)nn(C)c1N1CCNC(=O)C1CC. The zero-order valence-corrected chi connectivity index (χ0v) is 13.6. The lowest BCUT2D eigenvalue weighted by atomic mass is 10.1. The fourth-order valence-corrected chi connectivity index (χ4v) is 3.02. The van der Waals surface area contributed by atoms with Crippen LogP contribution in [-0.2, 0) is 18.4 Å². The number of aryl methyl sites for hydroxylation is 2. The van der Waals surface area contributed by atoms with Gasteiger partial charge < -0.3 is 15.5 Å². The van der Waals surface area contributed by atoms with E-state index < -0.39 is 0 Å². The van der Waals surface area contributed by atoms with E-state index in [-0.39, 0.29) is 11.9 Å². The molecule has 1 saturated heterocycles. The molecule has 1 aliphatic heterocycles. The molecule has 118 valence electrons. The van der Waals surface area contributed by atoms with Crippen LogP contribution in [0, 0.1) is 6.92 Å². The molecule has 1 aromatic heterocycles. The molecular weight excluding hydrogens is 266 g/mol. The van der Waals surface area contributed by atoms with Crippen LogP contribution in [0.3, 0.4) is 0 Å². The number of amides is 1. The number of anilines is 1. The summed E-state index contributed by atoms with van der Waals surface area (Å²) in [5.41, 5.74) is 2.25. The Morgan fingerprint density at radius 2 is 2.19 bits per heavy atom. The van der Waals surface area contributed by atoms with Gasteiger partial charge in [-0.3, -0.25) is 9.48 Å². The summed E-state index contributed by atoms with van der Waals surface area (Å²) in [7, 11) is 1.96. The van der Waals surface area contributed by atoms with E-state index in [1.165, 1.54) is 5.56 Å². The van der Waals surface area contributed by atoms with Crippen molar-refractivity contribution in [3.8, 4) is 0 Å². The van der Waals surface area contributed by atoms with Crippen LogP contribution in [-0.4, -0.2) is 41.4 Å². The molecular formula is C15H27N5O. The predicted molar refractivity (Wildman–Crippen MR) is 84.4 cm³/mol. The van der Waals surface area contributed by atoms with Crippen molar-refractivity contribution >= 4 is 11.7 Å². The van der Waals surface area contributed by atoms with Crippen LogP contribution in [0.2, 0.25) is 0 Å². The van der Waals surface area contributed by atoms with Gasteiger partial charge in [-0.25, -0.2) is 0 Å². The summed E-state index contributed by atoms with van der Waals surface area (Å²) in [5.74, 6) is 1.20. The smallest absolute Gasteiger partial charge is 0.242 e. The van der Waals surface area contributed by atoms with Crippen molar-refractivity contribution in [1.29, 1.82) is 0 Å². The number of rotatable bonds is 6. The molecule has 2 heterocycles. The molecule has 0 bridgehead atoms. The summed E-state index contributed by atoms with van der Waals surface area (Å²) in [6.07, 6.45) is 1.91. The van der Waals surface area contributed by atoms with Crippen molar-refractivity contribution in [2.24, 2.45) is 7.05 Å². The summed E-state index contributed by atoms with van der Waals surface area (Å²) < 4.78 is 1.92. The van der Waals surface area contributed by atoms with Crippen LogP contribution < -0.4 is 15.5 Å². The first kappa shape index (κ1) is 15.8. The summed E-state index contributed by atoms with van der Waals surface area (Å²) in [6, 6.07) is -0.0986. The largest absolute Gasteiger partial charge is 0.353 e. The monoisotopic (exact) mass is 293 g/mol. The number of piperazine rings is 1. The maximum atomic E-state index is 12.1. The van der Waals surface area contributed by atoms with Gasteiger partial charge in [0.15, 0.2) is 0 Å². The second kappa shape index (κ2) is 6.93. The zero-order chi connectivity index (χ0) is 15.4. The van der Waals surface area contributed by atoms with Crippen molar-refractivity contribution in [2.45, 2.75) is 46.2 Å². The number of hydrogen-bond acceptors (Lipinski definition) is 4. The van der Waals surface area contributed by atoms with Gasteiger partial charge in [-0.1, -0.05) is 13.8 Å². The summed E-state index contributed by atoms with van der Waals surface area (Å²) >= 11 is 0. The van der Waals surface area contributed by atoms with Crippen LogP contribution in [0.1, 0.15) is 37.9 Å². The maximum Gasteiger partial charge on any atom is 0.242 e. The molecule has 6 nitrogen and oxygen atoms in total. The molecule has 1 aliphatic rings. The number of nitrogens with one attached hydrogen (secondary N) is 2. The minimum Gasteiger partial charge on any atom is -0.353 e. The minimum atomic E-state index is -0.0986. The fourth-order valence-electron chi connectivity index (χ4n) is 3.02. The van der Waals surface area contributed by atoms with E-state index >= 15 is 0 Å². The van der Waals surface area contributed by atoms with Gasteiger partial charge in [0.1, 0.15) is 11.9 Å². The fraction of sp³-hybridized carbons (Fsp3) is 0.733. The highest BCUT2D eigenvalue weighted by Gasteiger charge is 2.32. The van der Waals surface area contributed by atoms with Gasteiger partial charge in [0, 0.05) is 32.2 Å². The highest BCUT2D eigenvalue weighted by Crippen LogP contribution is 2.27. The third-order valence-corrected chi connectivity index (χ3v) is 4.03. The van der Waals surface area contributed by atoms with Gasteiger partial charge in [-0.05, 0) is 26.3 Å². The molecule has 0 aromatic carbocycles. The van der Waals surface area contributed by atoms with Crippen LogP contribution in [0.4, 0.5) is 5.82 Å². The van der Waals surface area contributed by atoms with Crippen LogP contribution >= 0.6 is 0 Å². The quantitative estimate of drug-likeness (QED) is 0.766. The van der Waals surface area contributed by atoms with Gasteiger partial charge in [0.25, 0.3) is 0 Å². The molecule has 1 atom stereocenters. The van der Waals surface area contributed by atoms with Crippen LogP contribution in [0.5, 0.6) is 0 Å². The first-order valence-electron chi connectivity index (χ1n) is 7.87. The molecule has 6 heteroatoms. The summed E-state index contributed by atoms with van der Waals surface area (Å²) in [5, 5.41) is 11.0. The van der Waals surface area contributed by atoms with E-state index in [2.05, 4.69) is 34.5 Å². The first-order chi connectivity index (χ1) is 10.1. The Morgan fingerprint density at radius 3 is 2.86 bits per heavy atom. The summed E-state index contributed by atoms with van der Waals surface area (Å²) in [6.45, 7) is 9.58. The molecule has 0 radical (unpaired) electrons. The van der Waals surface area contributed by atoms with Crippen molar-refractivity contribution in [3.05, 3.63) is 11.3 Å². The first-order valence-corrected chi connectivity index (χ1v) is 7.87. The molecule has 1 unspecified atom stereocenters. The zero-order valence-electron chi connectivity index (χ0n) is 13.6. The molecule has 0 aliphatic carbocycles. The number of carbonyl (C=O) groups excluding carboxylic acids is 1. The standard InChI is InChI=1S/C15H27N5O/c1-5-7-16-10-12-11(3)18-19(4)15(12)20-9-8-17-14(21)13(20)6-2/h13,16H,5-10H2,1-4H3,(H,17,21). The normalized spacial score (nSPS) is 19.0. The second-order valence-corrected chi connectivity index (χ2v) is 5.60. The predicted octanol–water partition coefficient (Wildman–Crippen LogP) is 0.943. The molecule has 0 saturated carbocycles. The lowest BCUT2D eigenvalue weighted by Gasteiger charge is -2.36. The Balaban J connectivity index is 2.30.